The first-order valence-corrected chi connectivity index (χ1v) is 26.7. The van der Waals surface area contributed by atoms with Gasteiger partial charge >= 0.3 is 0 Å². The molecular formula is C57H93N2O6P. The highest BCUT2D eigenvalue weighted by atomic mass is 31.2. The Labute approximate surface area is 404 Å². The summed E-state index contributed by atoms with van der Waals surface area (Å²) in [5, 5.41) is 13.6. The van der Waals surface area contributed by atoms with Gasteiger partial charge in [0.25, 0.3) is 7.82 Å². The standard InChI is InChI=1S/C57H93N2O6P/c1-6-8-10-12-13-14-15-16-17-18-19-20-21-22-23-24-25-26-27-28-29-30-31-32-33-34-35-36-37-38-39-40-41-42-43-44-45-47-49-51-57(61)58-55(56(60)50-48-46-11-9-7-2)54-65-66(62,63)64-53-52-59(3,4)5/h8,10,13-14,16-17,19-20,22-23,25-26,28-29,31-32,34-35,37-38,40-41,48,50,55-56,60H,6-7,9,11-12,15,18,21,24,27,30,33,36,39,42-47,49,51-54H2,1-5H3,(H-,58,61,62,63)/b10-8-,14-13-,17-16-,20-19-,23-22-,26-25-,29-28-,32-31-,35-34-,38-37-,41-40-,50-48+. The molecule has 0 aliphatic carbocycles. The predicted molar refractivity (Wildman–Crippen MR) is 283 cm³/mol. The van der Waals surface area contributed by atoms with Crippen LogP contribution in [0.5, 0.6) is 0 Å². The molecule has 0 bridgehead atoms. The number of hydrogen-bond acceptors (Lipinski definition) is 6. The fourth-order valence-electron chi connectivity index (χ4n) is 6.09. The average Bonchev–Trinajstić information content (AvgIpc) is 3.27. The van der Waals surface area contributed by atoms with E-state index in [2.05, 4.69) is 153 Å². The van der Waals surface area contributed by atoms with Crippen molar-refractivity contribution in [2.45, 2.75) is 167 Å². The Morgan fingerprint density at radius 2 is 0.924 bits per heavy atom. The van der Waals surface area contributed by atoms with Gasteiger partial charge in [0.1, 0.15) is 13.2 Å². The lowest BCUT2D eigenvalue weighted by atomic mass is 10.1. The third-order valence-corrected chi connectivity index (χ3v) is 11.0. The highest BCUT2D eigenvalue weighted by Crippen LogP contribution is 2.38. The molecule has 3 unspecified atom stereocenters. The average molecular weight is 933 g/mol. The Hall–Kier alpha value is -3.62. The van der Waals surface area contributed by atoms with E-state index in [9.17, 15) is 19.4 Å². The zero-order chi connectivity index (χ0) is 48.5. The zero-order valence-electron chi connectivity index (χ0n) is 42.1. The molecule has 0 aliphatic heterocycles. The van der Waals surface area contributed by atoms with Crippen molar-refractivity contribution in [1.82, 2.24) is 5.32 Å². The lowest BCUT2D eigenvalue weighted by Crippen LogP contribution is -2.45. The molecular weight excluding hydrogens is 840 g/mol. The molecule has 1 amide bonds. The third-order valence-electron chi connectivity index (χ3n) is 10.1. The van der Waals surface area contributed by atoms with Gasteiger partial charge in [-0.15, -0.1) is 0 Å². The van der Waals surface area contributed by atoms with Crippen molar-refractivity contribution in [3.63, 3.8) is 0 Å². The van der Waals surface area contributed by atoms with Crippen LogP contribution in [-0.2, 0) is 18.4 Å². The first-order valence-electron chi connectivity index (χ1n) is 25.2. The number of phosphoric acid groups is 1. The number of quaternary nitrogens is 1. The van der Waals surface area contributed by atoms with Gasteiger partial charge < -0.3 is 28.8 Å². The Balaban J connectivity index is 4.04. The van der Waals surface area contributed by atoms with Crippen molar-refractivity contribution in [2.75, 3.05) is 40.9 Å². The van der Waals surface area contributed by atoms with Gasteiger partial charge in [-0.25, -0.2) is 0 Å². The van der Waals surface area contributed by atoms with Crippen molar-refractivity contribution in [1.29, 1.82) is 0 Å². The van der Waals surface area contributed by atoms with E-state index in [0.717, 1.165) is 135 Å². The van der Waals surface area contributed by atoms with E-state index in [-0.39, 0.29) is 12.5 Å². The predicted octanol–water partition coefficient (Wildman–Crippen LogP) is 14.3. The SMILES string of the molecule is CC/C=C\C/C=C\C/C=C\C/C=C\C/C=C\C/C=C\C/C=C\C/C=C\C/C=C\C/C=C\C/C=C\CCCCCCCC(=O)NC(COP(=O)([O-])OCC[N+](C)(C)C)C(O)/C=C/CCCCC. The first kappa shape index (κ1) is 62.4. The number of likely N-dealkylation sites (N-methyl/N-ethyl adjacent to an activating group) is 1. The van der Waals surface area contributed by atoms with Crippen molar-refractivity contribution < 1.29 is 32.9 Å². The number of amides is 1. The third kappa shape index (κ3) is 48.3. The summed E-state index contributed by atoms with van der Waals surface area (Å²) in [4.78, 5) is 25.1. The summed E-state index contributed by atoms with van der Waals surface area (Å²) < 4.78 is 23.0. The second kappa shape index (κ2) is 46.5. The lowest BCUT2D eigenvalue weighted by Gasteiger charge is -2.29. The van der Waals surface area contributed by atoms with E-state index < -0.39 is 26.6 Å². The molecule has 8 nitrogen and oxygen atoms in total. The lowest BCUT2D eigenvalue weighted by molar-refractivity contribution is -0.870. The summed E-state index contributed by atoms with van der Waals surface area (Å²) in [6.45, 7) is 4.36. The topological polar surface area (TPSA) is 108 Å². The van der Waals surface area contributed by atoms with E-state index in [0.29, 0.717) is 17.4 Å². The van der Waals surface area contributed by atoms with Crippen molar-refractivity contribution >= 4 is 13.7 Å². The molecule has 0 heterocycles. The molecule has 0 saturated heterocycles. The molecule has 0 saturated carbocycles. The molecule has 0 spiro atoms. The number of rotatable bonds is 43. The minimum Gasteiger partial charge on any atom is -0.756 e. The van der Waals surface area contributed by atoms with Crippen LogP contribution in [0.25, 0.3) is 0 Å². The summed E-state index contributed by atoms with van der Waals surface area (Å²) in [5.41, 5.74) is 0. The van der Waals surface area contributed by atoms with Gasteiger partial charge in [0, 0.05) is 6.42 Å². The maximum atomic E-state index is 12.8. The summed E-state index contributed by atoms with van der Waals surface area (Å²) in [5.74, 6) is -0.232. The number of aliphatic hydroxyl groups is 1. The van der Waals surface area contributed by atoms with Gasteiger partial charge in [0.2, 0.25) is 5.91 Å². The van der Waals surface area contributed by atoms with E-state index in [1.807, 2.05) is 27.2 Å². The largest absolute Gasteiger partial charge is 0.756 e. The van der Waals surface area contributed by atoms with Crippen LogP contribution in [0.4, 0.5) is 0 Å². The van der Waals surface area contributed by atoms with Crippen LogP contribution < -0.4 is 10.2 Å². The van der Waals surface area contributed by atoms with Crippen molar-refractivity contribution in [2.24, 2.45) is 0 Å². The quantitative estimate of drug-likeness (QED) is 0.0273. The number of allylic oxidation sites excluding steroid dienone is 23. The van der Waals surface area contributed by atoms with Crippen LogP contribution in [0.1, 0.15) is 155 Å². The molecule has 2 N–H and O–H groups in total. The van der Waals surface area contributed by atoms with Crippen LogP contribution >= 0.6 is 7.82 Å². The molecule has 66 heavy (non-hydrogen) atoms. The van der Waals surface area contributed by atoms with Gasteiger partial charge in [-0.05, 0) is 103 Å². The number of nitrogens with zero attached hydrogens (tertiary/aromatic N) is 1. The maximum absolute atomic E-state index is 12.8. The summed E-state index contributed by atoms with van der Waals surface area (Å²) in [7, 11) is 1.21. The van der Waals surface area contributed by atoms with E-state index in [1.54, 1.807) is 6.08 Å². The van der Waals surface area contributed by atoms with Gasteiger partial charge in [-0.3, -0.25) is 9.36 Å². The van der Waals surface area contributed by atoms with Gasteiger partial charge in [0.15, 0.2) is 0 Å². The molecule has 9 heteroatoms. The highest BCUT2D eigenvalue weighted by molar-refractivity contribution is 7.45. The molecule has 0 aromatic carbocycles. The molecule has 0 aromatic rings. The van der Waals surface area contributed by atoms with Crippen molar-refractivity contribution in [3.05, 3.63) is 146 Å². The number of hydrogen-bond donors (Lipinski definition) is 2. The summed E-state index contributed by atoms with van der Waals surface area (Å²) in [6, 6.07) is -0.903. The fourth-order valence-corrected chi connectivity index (χ4v) is 6.82. The summed E-state index contributed by atoms with van der Waals surface area (Å²) in [6.07, 6.45) is 72.6. The molecule has 0 radical (unpaired) electrons. The van der Waals surface area contributed by atoms with E-state index in [1.165, 1.54) is 0 Å². The Kier molecular flexibility index (Phi) is 43.9. The van der Waals surface area contributed by atoms with Crippen LogP contribution in [-0.4, -0.2) is 68.5 Å². The molecule has 0 rings (SSSR count). The highest BCUT2D eigenvalue weighted by Gasteiger charge is 2.23. The number of carbonyl (C=O) groups excluding carboxylic acids is 1. The van der Waals surface area contributed by atoms with Crippen LogP contribution in [0.2, 0.25) is 0 Å². The first-order chi connectivity index (χ1) is 32.0. The van der Waals surface area contributed by atoms with E-state index >= 15 is 0 Å². The van der Waals surface area contributed by atoms with Crippen LogP contribution in [0.15, 0.2) is 146 Å². The number of phosphoric ester groups is 1. The molecule has 372 valence electrons. The van der Waals surface area contributed by atoms with Crippen LogP contribution in [0.3, 0.4) is 0 Å². The number of unbranched alkanes of at least 4 members (excludes halogenated alkanes) is 8. The molecule has 3 atom stereocenters. The van der Waals surface area contributed by atoms with E-state index in [4.69, 9.17) is 9.05 Å². The Morgan fingerprint density at radius 3 is 1.35 bits per heavy atom. The Morgan fingerprint density at radius 1 is 0.545 bits per heavy atom. The Bertz CT molecular complexity index is 1570. The van der Waals surface area contributed by atoms with Gasteiger partial charge in [0.05, 0.1) is 39.9 Å². The van der Waals surface area contributed by atoms with Gasteiger partial charge in [-0.1, -0.05) is 192 Å². The number of nitrogens with one attached hydrogen (secondary N) is 1. The fraction of sp³-hybridized carbons (Fsp3) is 0.561. The number of aliphatic hydroxyl groups excluding tert-OH is 1. The summed E-state index contributed by atoms with van der Waals surface area (Å²) >= 11 is 0. The van der Waals surface area contributed by atoms with Crippen LogP contribution in [0, 0.1) is 0 Å². The monoisotopic (exact) mass is 933 g/mol. The second-order valence-corrected chi connectivity index (χ2v) is 18.8. The zero-order valence-corrected chi connectivity index (χ0v) is 43.0. The maximum Gasteiger partial charge on any atom is 0.268 e. The molecule has 0 aliphatic rings. The molecule has 0 fully saturated rings. The van der Waals surface area contributed by atoms with Gasteiger partial charge in [-0.2, -0.15) is 0 Å². The normalized spacial score (nSPS) is 15.3. The smallest absolute Gasteiger partial charge is 0.268 e. The minimum absolute atomic E-state index is 0.0143. The van der Waals surface area contributed by atoms with Crippen molar-refractivity contribution in [3.8, 4) is 0 Å². The second-order valence-electron chi connectivity index (χ2n) is 17.4. The minimum atomic E-state index is -4.59. The molecule has 0 aromatic heterocycles. The number of carbonyl (C=O) groups is 1.